The number of rotatable bonds is 4. The number of nitrogens with one attached hydrogen (secondary N) is 1. The van der Waals surface area contributed by atoms with Gasteiger partial charge in [0.15, 0.2) is 0 Å². The SMILES string of the molecule is CCOC(=O)CCc1ccc(N)c2[nH]ccc12. The predicted molar refractivity (Wildman–Crippen MR) is 67.7 cm³/mol. The molecule has 0 aliphatic heterocycles. The highest BCUT2D eigenvalue weighted by molar-refractivity contribution is 5.92. The number of aromatic amines is 1. The van der Waals surface area contributed by atoms with Crippen molar-refractivity contribution in [1.82, 2.24) is 4.98 Å². The van der Waals surface area contributed by atoms with Crippen LogP contribution in [0.5, 0.6) is 0 Å². The van der Waals surface area contributed by atoms with Crippen LogP contribution in [0.2, 0.25) is 0 Å². The molecule has 2 aromatic rings. The molecule has 90 valence electrons. The summed E-state index contributed by atoms with van der Waals surface area (Å²) in [7, 11) is 0. The van der Waals surface area contributed by atoms with E-state index in [1.54, 1.807) is 0 Å². The minimum atomic E-state index is -0.159. The van der Waals surface area contributed by atoms with Crippen LogP contribution in [-0.2, 0) is 16.0 Å². The van der Waals surface area contributed by atoms with Crippen molar-refractivity contribution in [3.63, 3.8) is 0 Å². The molecule has 0 bridgehead atoms. The average Bonchev–Trinajstić information content (AvgIpc) is 2.78. The number of fused-ring (bicyclic) bond motifs is 1. The Morgan fingerprint density at radius 3 is 3.00 bits per heavy atom. The van der Waals surface area contributed by atoms with Gasteiger partial charge in [-0.2, -0.15) is 0 Å². The van der Waals surface area contributed by atoms with Gasteiger partial charge in [-0.05, 0) is 31.0 Å². The molecule has 17 heavy (non-hydrogen) atoms. The van der Waals surface area contributed by atoms with E-state index in [0.29, 0.717) is 19.4 Å². The van der Waals surface area contributed by atoms with Gasteiger partial charge >= 0.3 is 5.97 Å². The highest BCUT2D eigenvalue weighted by Crippen LogP contribution is 2.24. The minimum Gasteiger partial charge on any atom is -0.466 e. The molecule has 0 aliphatic rings. The van der Waals surface area contributed by atoms with Gasteiger partial charge in [0.05, 0.1) is 17.8 Å². The predicted octanol–water partition coefficient (Wildman–Crippen LogP) is 2.25. The largest absolute Gasteiger partial charge is 0.466 e. The smallest absolute Gasteiger partial charge is 0.306 e. The van der Waals surface area contributed by atoms with E-state index >= 15 is 0 Å². The third kappa shape index (κ3) is 2.41. The fourth-order valence-corrected chi connectivity index (χ4v) is 1.93. The fraction of sp³-hybridized carbons (Fsp3) is 0.308. The first kappa shape index (κ1) is 11.5. The fourth-order valence-electron chi connectivity index (χ4n) is 1.93. The monoisotopic (exact) mass is 232 g/mol. The third-order valence-electron chi connectivity index (χ3n) is 2.75. The molecule has 2 rings (SSSR count). The number of aryl methyl sites for hydroxylation is 1. The summed E-state index contributed by atoms with van der Waals surface area (Å²) in [6.07, 6.45) is 2.93. The Morgan fingerprint density at radius 1 is 1.41 bits per heavy atom. The summed E-state index contributed by atoms with van der Waals surface area (Å²) >= 11 is 0. The molecule has 0 fully saturated rings. The van der Waals surface area contributed by atoms with Gasteiger partial charge in [0.1, 0.15) is 0 Å². The third-order valence-corrected chi connectivity index (χ3v) is 2.75. The molecule has 0 unspecified atom stereocenters. The average molecular weight is 232 g/mol. The van der Waals surface area contributed by atoms with Crippen molar-refractivity contribution in [2.75, 3.05) is 12.3 Å². The Balaban J connectivity index is 2.16. The Bertz CT molecular complexity index is 531. The van der Waals surface area contributed by atoms with E-state index < -0.39 is 0 Å². The standard InChI is InChI=1S/C13H16N2O2/c1-2-17-12(16)6-4-9-3-5-11(14)13-10(9)7-8-15-13/h3,5,7-8,15H,2,4,6,14H2,1H3. The van der Waals surface area contributed by atoms with Gasteiger partial charge in [0.25, 0.3) is 0 Å². The zero-order valence-electron chi connectivity index (χ0n) is 9.82. The van der Waals surface area contributed by atoms with Crippen LogP contribution in [0.4, 0.5) is 5.69 Å². The Hall–Kier alpha value is -1.97. The summed E-state index contributed by atoms with van der Waals surface area (Å²) in [6, 6.07) is 5.80. The van der Waals surface area contributed by atoms with E-state index in [1.807, 2.05) is 31.3 Å². The molecular weight excluding hydrogens is 216 g/mol. The van der Waals surface area contributed by atoms with Gasteiger partial charge in [-0.25, -0.2) is 0 Å². The van der Waals surface area contributed by atoms with Crippen molar-refractivity contribution in [3.05, 3.63) is 30.0 Å². The highest BCUT2D eigenvalue weighted by Gasteiger charge is 2.07. The number of hydrogen-bond donors (Lipinski definition) is 2. The van der Waals surface area contributed by atoms with E-state index in [9.17, 15) is 4.79 Å². The molecule has 3 N–H and O–H groups in total. The Kier molecular flexibility index (Phi) is 3.32. The molecule has 0 radical (unpaired) electrons. The van der Waals surface area contributed by atoms with Crippen molar-refractivity contribution < 1.29 is 9.53 Å². The topological polar surface area (TPSA) is 68.1 Å². The van der Waals surface area contributed by atoms with E-state index in [4.69, 9.17) is 10.5 Å². The summed E-state index contributed by atoms with van der Waals surface area (Å²) in [4.78, 5) is 14.4. The van der Waals surface area contributed by atoms with Crippen molar-refractivity contribution in [2.24, 2.45) is 0 Å². The summed E-state index contributed by atoms with van der Waals surface area (Å²) in [5.41, 5.74) is 8.63. The van der Waals surface area contributed by atoms with Gasteiger partial charge in [0, 0.05) is 18.0 Å². The molecule has 0 amide bonds. The summed E-state index contributed by atoms with van der Waals surface area (Å²) in [5, 5.41) is 1.08. The number of nitrogen functional groups attached to an aromatic ring is 1. The summed E-state index contributed by atoms with van der Waals surface area (Å²) < 4.78 is 4.91. The molecule has 1 aromatic carbocycles. The van der Waals surface area contributed by atoms with Crippen molar-refractivity contribution in [1.29, 1.82) is 0 Å². The molecule has 1 aromatic heterocycles. The lowest BCUT2D eigenvalue weighted by Gasteiger charge is -2.05. The molecule has 4 heteroatoms. The first-order valence-corrected chi connectivity index (χ1v) is 5.72. The highest BCUT2D eigenvalue weighted by atomic mass is 16.5. The summed E-state index contributed by atoms with van der Waals surface area (Å²) in [5.74, 6) is -0.159. The molecule has 0 aliphatic carbocycles. The lowest BCUT2D eigenvalue weighted by Crippen LogP contribution is -2.05. The lowest BCUT2D eigenvalue weighted by molar-refractivity contribution is -0.143. The van der Waals surface area contributed by atoms with Gasteiger partial charge in [-0.1, -0.05) is 6.07 Å². The van der Waals surface area contributed by atoms with Crippen LogP contribution >= 0.6 is 0 Å². The minimum absolute atomic E-state index is 0.159. The van der Waals surface area contributed by atoms with Crippen molar-refractivity contribution in [2.45, 2.75) is 19.8 Å². The zero-order valence-corrected chi connectivity index (χ0v) is 9.82. The Labute approximate surface area is 99.8 Å². The molecule has 0 atom stereocenters. The van der Waals surface area contributed by atoms with Crippen LogP contribution in [0.15, 0.2) is 24.4 Å². The van der Waals surface area contributed by atoms with Gasteiger partial charge in [-0.15, -0.1) is 0 Å². The van der Waals surface area contributed by atoms with Crippen LogP contribution < -0.4 is 5.73 Å². The number of esters is 1. The van der Waals surface area contributed by atoms with E-state index in [1.165, 1.54) is 0 Å². The van der Waals surface area contributed by atoms with Crippen LogP contribution in [0.3, 0.4) is 0 Å². The number of aromatic nitrogens is 1. The van der Waals surface area contributed by atoms with Crippen LogP contribution in [0, 0.1) is 0 Å². The molecule has 0 saturated carbocycles. The van der Waals surface area contributed by atoms with Crippen LogP contribution in [0.1, 0.15) is 18.9 Å². The maximum absolute atomic E-state index is 11.3. The van der Waals surface area contributed by atoms with Crippen molar-refractivity contribution in [3.8, 4) is 0 Å². The second-order valence-electron chi connectivity index (χ2n) is 3.89. The number of nitrogens with two attached hydrogens (primary N) is 1. The first-order valence-electron chi connectivity index (χ1n) is 5.72. The second kappa shape index (κ2) is 4.91. The van der Waals surface area contributed by atoms with Crippen molar-refractivity contribution >= 4 is 22.6 Å². The van der Waals surface area contributed by atoms with E-state index in [2.05, 4.69) is 4.98 Å². The van der Waals surface area contributed by atoms with Gasteiger partial charge in [0.2, 0.25) is 0 Å². The van der Waals surface area contributed by atoms with E-state index in [-0.39, 0.29) is 5.97 Å². The number of H-pyrrole nitrogens is 1. The molecule has 4 nitrogen and oxygen atoms in total. The maximum atomic E-state index is 11.3. The number of hydrogen-bond acceptors (Lipinski definition) is 3. The molecule has 0 spiro atoms. The molecular formula is C13H16N2O2. The number of carbonyl (C=O) groups excluding carboxylic acids is 1. The number of ether oxygens (including phenoxy) is 1. The zero-order chi connectivity index (χ0) is 12.3. The quantitative estimate of drug-likeness (QED) is 0.627. The number of benzene rings is 1. The molecule has 0 saturated heterocycles. The normalized spacial score (nSPS) is 10.6. The first-order chi connectivity index (χ1) is 8.22. The second-order valence-corrected chi connectivity index (χ2v) is 3.89. The number of carbonyl (C=O) groups is 1. The maximum Gasteiger partial charge on any atom is 0.306 e. The van der Waals surface area contributed by atoms with Crippen LogP contribution in [-0.4, -0.2) is 17.6 Å². The van der Waals surface area contributed by atoms with Gasteiger partial charge in [-0.3, -0.25) is 4.79 Å². The lowest BCUT2D eigenvalue weighted by atomic mass is 10.0. The van der Waals surface area contributed by atoms with Crippen LogP contribution in [0.25, 0.3) is 10.9 Å². The van der Waals surface area contributed by atoms with E-state index in [0.717, 1.165) is 22.2 Å². The summed E-state index contributed by atoms with van der Waals surface area (Å²) in [6.45, 7) is 2.24. The Morgan fingerprint density at radius 2 is 2.24 bits per heavy atom. The number of anilines is 1. The van der Waals surface area contributed by atoms with Gasteiger partial charge < -0.3 is 15.5 Å². The molecule has 1 heterocycles.